The van der Waals surface area contributed by atoms with Crippen molar-refractivity contribution in [2.45, 2.75) is 6.42 Å². The third-order valence-electron chi connectivity index (χ3n) is 5.46. The van der Waals surface area contributed by atoms with E-state index in [4.69, 9.17) is 11.6 Å². The molecule has 2 amide bonds. The molecule has 0 fully saturated rings. The summed E-state index contributed by atoms with van der Waals surface area (Å²) in [6.45, 7) is 0.675. The number of nitrogens with zero attached hydrogens (tertiary/aromatic N) is 3. The maximum atomic E-state index is 12.9. The van der Waals surface area contributed by atoms with E-state index in [1.807, 2.05) is 30.3 Å². The number of benzene rings is 3. The van der Waals surface area contributed by atoms with Gasteiger partial charge in [-0.1, -0.05) is 29.8 Å². The van der Waals surface area contributed by atoms with Gasteiger partial charge in [0.1, 0.15) is 0 Å². The van der Waals surface area contributed by atoms with Gasteiger partial charge in [0, 0.05) is 34.7 Å². The van der Waals surface area contributed by atoms with E-state index in [1.165, 1.54) is 11.8 Å². The van der Waals surface area contributed by atoms with Crippen LogP contribution < -0.4 is 10.2 Å². The van der Waals surface area contributed by atoms with Crippen molar-refractivity contribution in [2.75, 3.05) is 16.8 Å². The summed E-state index contributed by atoms with van der Waals surface area (Å²) in [7, 11) is 0. The summed E-state index contributed by atoms with van der Waals surface area (Å²) in [5.41, 5.74) is 4.56. The van der Waals surface area contributed by atoms with Gasteiger partial charge in [-0.15, -0.1) is 0 Å². The Bertz CT molecular complexity index is 1300. The number of nitrogens with one attached hydrogen (secondary N) is 1. The number of aromatic nitrogens is 2. The predicted molar refractivity (Wildman–Crippen MR) is 125 cm³/mol. The zero-order chi connectivity index (χ0) is 22.1. The summed E-state index contributed by atoms with van der Waals surface area (Å²) in [4.78, 5) is 27.4. The first-order valence-electron chi connectivity index (χ1n) is 10.2. The average molecular weight is 443 g/mol. The van der Waals surface area contributed by atoms with Gasteiger partial charge in [-0.2, -0.15) is 5.10 Å². The lowest BCUT2D eigenvalue weighted by Crippen LogP contribution is -2.28. The molecule has 1 aliphatic rings. The molecule has 0 aliphatic carbocycles. The first-order chi connectivity index (χ1) is 15.6. The van der Waals surface area contributed by atoms with Crippen LogP contribution in [0.4, 0.5) is 11.4 Å². The lowest BCUT2D eigenvalue weighted by atomic mass is 10.1. The number of hydrogen-bond donors (Lipinski definition) is 1. The molecule has 2 heterocycles. The highest BCUT2D eigenvalue weighted by atomic mass is 35.5. The van der Waals surface area contributed by atoms with Crippen LogP contribution in [0.15, 0.2) is 85.2 Å². The summed E-state index contributed by atoms with van der Waals surface area (Å²) in [5.74, 6) is -0.324. The smallest absolute Gasteiger partial charge is 0.258 e. The predicted octanol–water partition coefficient (Wildman–Crippen LogP) is 4.98. The topological polar surface area (TPSA) is 67.2 Å². The number of carbonyl (C=O) groups is 2. The van der Waals surface area contributed by atoms with Gasteiger partial charge in [0.25, 0.3) is 11.8 Å². The highest BCUT2D eigenvalue weighted by Gasteiger charge is 2.25. The lowest BCUT2D eigenvalue weighted by molar-refractivity contribution is 0.0988. The summed E-state index contributed by atoms with van der Waals surface area (Å²) in [5, 5.41) is 7.72. The summed E-state index contributed by atoms with van der Waals surface area (Å²) >= 11 is 5.92. The average Bonchev–Trinajstić information content (AvgIpc) is 3.47. The SMILES string of the molecule is O=C(Nc1ccc(C(=O)N2CCc3ccccc32)cc1)c1cnn(-c2ccc(Cl)cc2)c1. The Kier molecular flexibility index (Phi) is 5.21. The number of hydrogen-bond acceptors (Lipinski definition) is 3. The fourth-order valence-corrected chi connectivity index (χ4v) is 3.91. The zero-order valence-corrected chi connectivity index (χ0v) is 17.8. The lowest BCUT2D eigenvalue weighted by Gasteiger charge is -2.17. The van der Waals surface area contributed by atoms with Gasteiger partial charge in [0.15, 0.2) is 0 Å². The first-order valence-corrected chi connectivity index (χ1v) is 10.6. The van der Waals surface area contributed by atoms with Crippen molar-refractivity contribution >= 4 is 34.8 Å². The van der Waals surface area contributed by atoms with Gasteiger partial charge < -0.3 is 10.2 Å². The molecule has 0 saturated heterocycles. The van der Waals surface area contributed by atoms with Crippen LogP contribution in [0.3, 0.4) is 0 Å². The molecule has 1 N–H and O–H groups in total. The van der Waals surface area contributed by atoms with Crippen LogP contribution in [-0.2, 0) is 6.42 Å². The van der Waals surface area contributed by atoms with Gasteiger partial charge in [0.2, 0.25) is 0 Å². The molecule has 0 saturated carbocycles. The Balaban J connectivity index is 1.27. The van der Waals surface area contributed by atoms with Crippen LogP contribution in [0.2, 0.25) is 5.02 Å². The molecular formula is C25H19ClN4O2. The second-order valence-electron chi connectivity index (χ2n) is 7.52. The van der Waals surface area contributed by atoms with Crippen LogP contribution in [-0.4, -0.2) is 28.1 Å². The fraction of sp³-hybridized carbons (Fsp3) is 0.0800. The number of carbonyl (C=O) groups excluding carboxylic acids is 2. The molecule has 0 bridgehead atoms. The molecule has 4 aromatic rings. The van der Waals surface area contributed by atoms with Crippen molar-refractivity contribution in [3.63, 3.8) is 0 Å². The van der Waals surface area contributed by atoms with E-state index in [9.17, 15) is 9.59 Å². The molecule has 6 nitrogen and oxygen atoms in total. The van der Waals surface area contributed by atoms with Crippen LogP contribution in [0.1, 0.15) is 26.3 Å². The van der Waals surface area contributed by atoms with E-state index in [2.05, 4.69) is 16.5 Å². The summed E-state index contributed by atoms with van der Waals surface area (Å²) < 4.78 is 1.61. The second kappa shape index (κ2) is 8.32. The molecule has 0 spiro atoms. The van der Waals surface area contributed by atoms with Crippen molar-refractivity contribution in [3.05, 3.63) is 107 Å². The van der Waals surface area contributed by atoms with Gasteiger partial charge >= 0.3 is 0 Å². The van der Waals surface area contributed by atoms with Gasteiger partial charge in [-0.3, -0.25) is 9.59 Å². The molecule has 5 rings (SSSR count). The number of rotatable bonds is 4. The highest BCUT2D eigenvalue weighted by molar-refractivity contribution is 6.30. The standard InChI is InChI=1S/C25H19ClN4O2/c26-20-7-11-22(12-8-20)30-16-19(15-27-30)24(31)28-21-9-5-18(6-10-21)25(32)29-14-13-17-3-1-2-4-23(17)29/h1-12,15-16H,13-14H2,(H,28,31). The normalized spacial score (nSPS) is 12.5. The summed E-state index contributed by atoms with van der Waals surface area (Å²) in [6, 6.07) is 22.1. The third-order valence-corrected chi connectivity index (χ3v) is 5.71. The maximum Gasteiger partial charge on any atom is 0.258 e. The Morgan fingerprint density at radius 1 is 0.906 bits per heavy atom. The van der Waals surface area contributed by atoms with Crippen molar-refractivity contribution in [2.24, 2.45) is 0 Å². The van der Waals surface area contributed by atoms with E-state index in [0.29, 0.717) is 28.4 Å². The molecule has 1 aromatic heterocycles. The first kappa shape index (κ1) is 20.0. The monoisotopic (exact) mass is 442 g/mol. The molecule has 0 unspecified atom stereocenters. The van der Waals surface area contributed by atoms with Crippen LogP contribution in [0.25, 0.3) is 5.69 Å². The quantitative estimate of drug-likeness (QED) is 0.484. The maximum absolute atomic E-state index is 12.9. The Morgan fingerprint density at radius 3 is 2.44 bits per heavy atom. The molecule has 3 aromatic carbocycles. The molecular weight excluding hydrogens is 424 g/mol. The molecule has 1 aliphatic heterocycles. The van der Waals surface area contributed by atoms with Crippen molar-refractivity contribution in [1.82, 2.24) is 9.78 Å². The minimum Gasteiger partial charge on any atom is -0.322 e. The molecule has 7 heteroatoms. The minimum atomic E-state index is -0.280. The van der Waals surface area contributed by atoms with E-state index >= 15 is 0 Å². The van der Waals surface area contributed by atoms with E-state index < -0.39 is 0 Å². The third kappa shape index (κ3) is 3.88. The zero-order valence-electron chi connectivity index (χ0n) is 17.0. The number of amides is 2. The van der Waals surface area contributed by atoms with Crippen LogP contribution in [0, 0.1) is 0 Å². The number of anilines is 2. The Morgan fingerprint density at radius 2 is 1.66 bits per heavy atom. The summed E-state index contributed by atoms with van der Waals surface area (Å²) in [6.07, 6.45) is 4.02. The van der Waals surface area contributed by atoms with E-state index in [1.54, 1.807) is 52.2 Å². The highest BCUT2D eigenvalue weighted by Crippen LogP contribution is 2.29. The second-order valence-corrected chi connectivity index (χ2v) is 7.95. The minimum absolute atomic E-state index is 0.0444. The van der Waals surface area contributed by atoms with Crippen molar-refractivity contribution in [1.29, 1.82) is 0 Å². The number of para-hydroxylation sites is 1. The van der Waals surface area contributed by atoms with Crippen LogP contribution >= 0.6 is 11.6 Å². The van der Waals surface area contributed by atoms with Gasteiger partial charge in [-0.05, 0) is 66.6 Å². The largest absolute Gasteiger partial charge is 0.322 e. The number of halogens is 1. The van der Waals surface area contributed by atoms with Crippen molar-refractivity contribution in [3.8, 4) is 5.69 Å². The van der Waals surface area contributed by atoms with Gasteiger partial charge in [0.05, 0.1) is 17.4 Å². The molecule has 32 heavy (non-hydrogen) atoms. The Labute approximate surface area is 190 Å². The molecule has 158 valence electrons. The van der Waals surface area contributed by atoms with E-state index in [0.717, 1.165) is 17.8 Å². The number of fused-ring (bicyclic) bond motifs is 1. The van der Waals surface area contributed by atoms with Crippen LogP contribution in [0.5, 0.6) is 0 Å². The molecule has 0 radical (unpaired) electrons. The Hall–Kier alpha value is -3.90. The molecule has 0 atom stereocenters. The van der Waals surface area contributed by atoms with E-state index in [-0.39, 0.29) is 11.8 Å². The van der Waals surface area contributed by atoms with Gasteiger partial charge in [-0.25, -0.2) is 4.68 Å². The van der Waals surface area contributed by atoms with Crippen molar-refractivity contribution < 1.29 is 9.59 Å². The fourth-order valence-electron chi connectivity index (χ4n) is 3.78.